The van der Waals surface area contributed by atoms with Crippen LogP contribution in [0.25, 0.3) is 11.3 Å². The van der Waals surface area contributed by atoms with E-state index in [1.54, 1.807) is 6.07 Å². The van der Waals surface area contributed by atoms with E-state index in [1.165, 1.54) is 6.92 Å². The molecule has 1 aromatic carbocycles. The maximum absolute atomic E-state index is 11.5. The van der Waals surface area contributed by atoms with Crippen molar-refractivity contribution < 1.29 is 4.79 Å². The van der Waals surface area contributed by atoms with E-state index in [9.17, 15) is 4.79 Å². The van der Waals surface area contributed by atoms with Crippen LogP contribution in [-0.2, 0) is 0 Å². The second kappa shape index (κ2) is 4.26. The van der Waals surface area contributed by atoms with Crippen LogP contribution >= 0.6 is 11.6 Å². The Hall–Kier alpha value is -1.74. The number of nitrogen functional groups attached to an aromatic ring is 1. The number of nitrogens with one attached hydrogen (secondary N) is 1. The molecule has 0 amide bonds. The van der Waals surface area contributed by atoms with Crippen LogP contribution in [-0.4, -0.2) is 10.8 Å². The standard InChI is InChI=1S/C13H13ClN2O/c1-7-11(8(2)17)12(15)13(16-7)9-5-3-4-6-10(9)14/h3-6,16H,15H2,1-2H3. The molecule has 0 fully saturated rings. The summed E-state index contributed by atoms with van der Waals surface area (Å²) in [6.07, 6.45) is 0. The molecule has 3 nitrogen and oxygen atoms in total. The third kappa shape index (κ3) is 1.94. The smallest absolute Gasteiger partial charge is 0.163 e. The molecule has 0 unspecified atom stereocenters. The molecule has 4 heteroatoms. The monoisotopic (exact) mass is 248 g/mol. The normalized spacial score (nSPS) is 10.5. The molecule has 1 aromatic heterocycles. The maximum atomic E-state index is 11.5. The quantitative estimate of drug-likeness (QED) is 0.800. The number of benzene rings is 1. The molecule has 2 rings (SSSR count). The van der Waals surface area contributed by atoms with Crippen molar-refractivity contribution in [1.29, 1.82) is 0 Å². The van der Waals surface area contributed by atoms with E-state index in [4.69, 9.17) is 17.3 Å². The molecule has 2 aromatic rings. The number of aryl methyl sites for hydroxylation is 1. The molecule has 0 bridgehead atoms. The summed E-state index contributed by atoms with van der Waals surface area (Å²) < 4.78 is 0. The molecule has 0 aliphatic rings. The van der Waals surface area contributed by atoms with Gasteiger partial charge in [0.25, 0.3) is 0 Å². The third-order valence-electron chi connectivity index (χ3n) is 2.72. The van der Waals surface area contributed by atoms with E-state index < -0.39 is 0 Å². The number of Topliss-reactive ketones (excluding diaryl/α,β-unsaturated/α-hetero) is 1. The van der Waals surface area contributed by atoms with Crippen molar-refractivity contribution >= 4 is 23.1 Å². The fourth-order valence-electron chi connectivity index (χ4n) is 1.97. The van der Waals surface area contributed by atoms with E-state index in [-0.39, 0.29) is 5.78 Å². The molecular weight excluding hydrogens is 236 g/mol. The first kappa shape index (κ1) is 11.7. The number of hydrogen-bond acceptors (Lipinski definition) is 2. The number of H-pyrrole nitrogens is 1. The van der Waals surface area contributed by atoms with Crippen molar-refractivity contribution in [3.8, 4) is 11.3 Å². The lowest BCUT2D eigenvalue weighted by atomic mass is 10.1. The maximum Gasteiger partial charge on any atom is 0.163 e. The van der Waals surface area contributed by atoms with Gasteiger partial charge in [0.2, 0.25) is 0 Å². The zero-order chi connectivity index (χ0) is 12.6. The van der Waals surface area contributed by atoms with Gasteiger partial charge in [0.15, 0.2) is 5.78 Å². The van der Waals surface area contributed by atoms with Crippen molar-refractivity contribution in [2.24, 2.45) is 0 Å². The van der Waals surface area contributed by atoms with Gasteiger partial charge in [0.05, 0.1) is 16.9 Å². The molecule has 0 aliphatic heterocycles. The van der Waals surface area contributed by atoms with Gasteiger partial charge in [-0.25, -0.2) is 0 Å². The average molecular weight is 249 g/mol. The van der Waals surface area contributed by atoms with Crippen LogP contribution in [0.2, 0.25) is 5.02 Å². The highest BCUT2D eigenvalue weighted by Gasteiger charge is 2.18. The summed E-state index contributed by atoms with van der Waals surface area (Å²) in [5.74, 6) is -0.0467. The molecule has 0 atom stereocenters. The Kier molecular flexibility index (Phi) is 2.94. The lowest BCUT2D eigenvalue weighted by Gasteiger charge is -2.03. The van der Waals surface area contributed by atoms with E-state index >= 15 is 0 Å². The molecule has 1 heterocycles. The minimum Gasteiger partial charge on any atom is -0.396 e. The second-order valence-electron chi connectivity index (χ2n) is 3.95. The predicted octanol–water partition coefficient (Wildman–Crippen LogP) is 3.43. The summed E-state index contributed by atoms with van der Waals surface area (Å²) in [5.41, 5.74) is 9.28. The Morgan fingerprint density at radius 1 is 1.35 bits per heavy atom. The van der Waals surface area contributed by atoms with E-state index in [2.05, 4.69) is 4.98 Å². The molecule has 0 radical (unpaired) electrons. The zero-order valence-corrected chi connectivity index (χ0v) is 10.4. The first-order valence-corrected chi connectivity index (χ1v) is 5.64. The molecule has 0 aliphatic carbocycles. The van der Waals surface area contributed by atoms with Crippen LogP contribution in [0.4, 0.5) is 5.69 Å². The third-order valence-corrected chi connectivity index (χ3v) is 3.05. The van der Waals surface area contributed by atoms with Gasteiger partial charge >= 0.3 is 0 Å². The predicted molar refractivity (Wildman–Crippen MR) is 70.4 cm³/mol. The van der Waals surface area contributed by atoms with Crippen LogP contribution in [0.1, 0.15) is 23.0 Å². The van der Waals surface area contributed by atoms with Crippen LogP contribution in [0, 0.1) is 6.92 Å². The van der Waals surface area contributed by atoms with Crippen LogP contribution in [0.3, 0.4) is 0 Å². The SMILES string of the molecule is CC(=O)c1c(C)[nH]c(-c2ccccc2Cl)c1N. The van der Waals surface area contributed by atoms with Gasteiger partial charge in [0.1, 0.15) is 0 Å². The molecule has 0 spiro atoms. The number of aromatic amines is 1. The fraction of sp³-hybridized carbons (Fsp3) is 0.154. The van der Waals surface area contributed by atoms with Crippen LogP contribution in [0.15, 0.2) is 24.3 Å². The number of aromatic nitrogens is 1. The average Bonchev–Trinajstić information content (AvgIpc) is 2.55. The van der Waals surface area contributed by atoms with E-state index in [0.717, 1.165) is 11.3 Å². The Balaban J connectivity index is 2.66. The van der Waals surface area contributed by atoms with Crippen molar-refractivity contribution in [1.82, 2.24) is 4.98 Å². The Morgan fingerprint density at radius 2 is 2.00 bits per heavy atom. The van der Waals surface area contributed by atoms with Gasteiger partial charge in [-0.2, -0.15) is 0 Å². The minimum atomic E-state index is -0.0467. The molecule has 3 N–H and O–H groups in total. The lowest BCUT2D eigenvalue weighted by Crippen LogP contribution is -1.98. The Morgan fingerprint density at radius 3 is 2.53 bits per heavy atom. The summed E-state index contributed by atoms with van der Waals surface area (Å²) in [5, 5.41) is 0.607. The van der Waals surface area contributed by atoms with Crippen molar-refractivity contribution in [2.75, 3.05) is 5.73 Å². The Labute approximate surface area is 105 Å². The summed E-state index contributed by atoms with van der Waals surface area (Å²) >= 11 is 6.11. The van der Waals surface area contributed by atoms with Crippen LogP contribution < -0.4 is 5.73 Å². The molecular formula is C13H13ClN2O. The summed E-state index contributed by atoms with van der Waals surface area (Å²) in [6.45, 7) is 3.33. The molecule has 0 saturated heterocycles. The summed E-state index contributed by atoms with van der Waals surface area (Å²) in [4.78, 5) is 14.6. The minimum absolute atomic E-state index is 0.0467. The first-order valence-electron chi connectivity index (χ1n) is 5.26. The van der Waals surface area contributed by atoms with E-state index in [0.29, 0.717) is 22.0 Å². The number of nitrogens with two attached hydrogens (primary N) is 1. The second-order valence-corrected chi connectivity index (χ2v) is 4.36. The number of halogens is 1. The highest BCUT2D eigenvalue weighted by molar-refractivity contribution is 6.33. The number of hydrogen-bond donors (Lipinski definition) is 2. The highest BCUT2D eigenvalue weighted by atomic mass is 35.5. The van der Waals surface area contributed by atoms with Gasteiger partial charge in [-0.15, -0.1) is 0 Å². The number of carbonyl (C=O) groups excluding carboxylic acids is 1. The molecule has 17 heavy (non-hydrogen) atoms. The summed E-state index contributed by atoms with van der Waals surface area (Å²) in [7, 11) is 0. The highest BCUT2D eigenvalue weighted by Crippen LogP contribution is 2.34. The first-order chi connectivity index (χ1) is 8.02. The zero-order valence-electron chi connectivity index (χ0n) is 9.67. The Bertz CT molecular complexity index is 587. The summed E-state index contributed by atoms with van der Waals surface area (Å²) in [6, 6.07) is 7.39. The van der Waals surface area contributed by atoms with Gasteiger partial charge in [0, 0.05) is 16.3 Å². The lowest BCUT2D eigenvalue weighted by molar-refractivity contribution is 0.101. The van der Waals surface area contributed by atoms with E-state index in [1.807, 2.05) is 25.1 Å². The van der Waals surface area contributed by atoms with Crippen molar-refractivity contribution in [3.63, 3.8) is 0 Å². The molecule has 88 valence electrons. The fourth-order valence-corrected chi connectivity index (χ4v) is 2.20. The largest absolute Gasteiger partial charge is 0.396 e. The number of ketones is 1. The number of anilines is 1. The number of rotatable bonds is 2. The van der Waals surface area contributed by atoms with Gasteiger partial charge in [-0.3, -0.25) is 4.79 Å². The van der Waals surface area contributed by atoms with Gasteiger partial charge in [-0.05, 0) is 19.9 Å². The number of carbonyl (C=O) groups is 1. The molecule has 0 saturated carbocycles. The van der Waals surface area contributed by atoms with Crippen molar-refractivity contribution in [3.05, 3.63) is 40.5 Å². The van der Waals surface area contributed by atoms with Crippen molar-refractivity contribution in [2.45, 2.75) is 13.8 Å². The van der Waals surface area contributed by atoms with Gasteiger partial charge < -0.3 is 10.7 Å². The van der Waals surface area contributed by atoms with Gasteiger partial charge in [-0.1, -0.05) is 29.8 Å². The van der Waals surface area contributed by atoms with Crippen LogP contribution in [0.5, 0.6) is 0 Å². The topological polar surface area (TPSA) is 58.9 Å².